The zero-order valence-electron chi connectivity index (χ0n) is 13.8. The van der Waals surface area contributed by atoms with Gasteiger partial charge in [-0.2, -0.15) is 0 Å². The van der Waals surface area contributed by atoms with E-state index in [9.17, 15) is 9.59 Å². The highest BCUT2D eigenvalue weighted by atomic mass is 16.2. The van der Waals surface area contributed by atoms with Crippen molar-refractivity contribution in [3.63, 3.8) is 0 Å². The van der Waals surface area contributed by atoms with Crippen molar-refractivity contribution in [3.05, 3.63) is 70.3 Å². The first-order chi connectivity index (χ1) is 11.0. The molecular weight excluding hydrogens is 286 g/mol. The van der Waals surface area contributed by atoms with Crippen LogP contribution in [0.5, 0.6) is 0 Å². The molecular formula is C20H21NO2. The third-order valence-corrected chi connectivity index (χ3v) is 4.32. The quantitative estimate of drug-likeness (QED) is 0.806. The summed E-state index contributed by atoms with van der Waals surface area (Å²) >= 11 is 0. The average molecular weight is 307 g/mol. The van der Waals surface area contributed by atoms with Crippen LogP contribution < -0.4 is 0 Å². The van der Waals surface area contributed by atoms with Gasteiger partial charge < -0.3 is 0 Å². The van der Waals surface area contributed by atoms with E-state index < -0.39 is 0 Å². The first-order valence-corrected chi connectivity index (χ1v) is 8.03. The second-order valence-corrected chi connectivity index (χ2v) is 6.44. The van der Waals surface area contributed by atoms with E-state index in [2.05, 4.69) is 31.2 Å². The molecule has 2 aromatic rings. The lowest BCUT2D eigenvalue weighted by Gasteiger charge is -2.17. The van der Waals surface area contributed by atoms with E-state index >= 15 is 0 Å². The SMILES string of the molecule is Cc1ccc(CCc2ccc3c(c2)C(=O)N(C(C)C)C3=O)cc1. The molecule has 118 valence electrons. The van der Waals surface area contributed by atoms with Gasteiger partial charge in [0.15, 0.2) is 0 Å². The second kappa shape index (κ2) is 5.99. The molecule has 0 N–H and O–H groups in total. The molecule has 0 saturated carbocycles. The molecule has 0 saturated heterocycles. The lowest BCUT2D eigenvalue weighted by Crippen LogP contribution is -2.35. The molecule has 0 unspecified atom stereocenters. The summed E-state index contributed by atoms with van der Waals surface area (Å²) in [6.45, 7) is 5.80. The summed E-state index contributed by atoms with van der Waals surface area (Å²) in [5.74, 6) is -0.345. The number of benzene rings is 2. The van der Waals surface area contributed by atoms with E-state index in [0.29, 0.717) is 11.1 Å². The van der Waals surface area contributed by atoms with Crippen LogP contribution in [0.1, 0.15) is 51.3 Å². The fourth-order valence-corrected chi connectivity index (χ4v) is 2.97. The van der Waals surface area contributed by atoms with Crippen molar-refractivity contribution in [1.29, 1.82) is 0 Å². The maximum absolute atomic E-state index is 12.4. The molecule has 0 aliphatic carbocycles. The maximum atomic E-state index is 12.4. The summed E-state index contributed by atoms with van der Waals surface area (Å²) < 4.78 is 0. The van der Waals surface area contributed by atoms with E-state index in [4.69, 9.17) is 0 Å². The van der Waals surface area contributed by atoms with Gasteiger partial charge in [-0.25, -0.2) is 0 Å². The van der Waals surface area contributed by atoms with Gasteiger partial charge in [-0.05, 0) is 56.9 Å². The van der Waals surface area contributed by atoms with Gasteiger partial charge in [0.2, 0.25) is 0 Å². The van der Waals surface area contributed by atoms with E-state index in [1.54, 1.807) is 6.07 Å². The first kappa shape index (κ1) is 15.5. The zero-order valence-corrected chi connectivity index (χ0v) is 13.8. The molecule has 0 radical (unpaired) electrons. The Balaban J connectivity index is 1.79. The van der Waals surface area contributed by atoms with Gasteiger partial charge in [-0.15, -0.1) is 0 Å². The predicted octanol–water partition coefficient (Wildman–Crippen LogP) is 3.78. The monoisotopic (exact) mass is 307 g/mol. The minimum Gasteiger partial charge on any atom is -0.272 e. The van der Waals surface area contributed by atoms with Gasteiger partial charge in [0.25, 0.3) is 11.8 Å². The number of hydrogen-bond donors (Lipinski definition) is 0. The summed E-state index contributed by atoms with van der Waals surface area (Å²) in [6, 6.07) is 14.0. The van der Waals surface area contributed by atoms with Crippen molar-refractivity contribution < 1.29 is 9.59 Å². The Hall–Kier alpha value is -2.42. The van der Waals surface area contributed by atoms with Crippen molar-refractivity contribution in [1.82, 2.24) is 4.90 Å². The van der Waals surface area contributed by atoms with Gasteiger partial charge in [0.05, 0.1) is 11.1 Å². The van der Waals surface area contributed by atoms with Crippen LogP contribution in [-0.4, -0.2) is 22.8 Å². The van der Waals surface area contributed by atoms with E-state index in [0.717, 1.165) is 18.4 Å². The normalized spacial score (nSPS) is 13.8. The molecule has 3 heteroatoms. The largest absolute Gasteiger partial charge is 0.272 e. The number of rotatable bonds is 4. The zero-order chi connectivity index (χ0) is 16.6. The Morgan fingerprint density at radius 3 is 2.04 bits per heavy atom. The van der Waals surface area contributed by atoms with E-state index in [1.807, 2.05) is 26.0 Å². The number of amides is 2. The Bertz CT molecular complexity index is 760. The highest BCUT2D eigenvalue weighted by Gasteiger charge is 2.36. The summed E-state index contributed by atoms with van der Waals surface area (Å²) in [7, 11) is 0. The number of aryl methyl sites for hydroxylation is 3. The number of fused-ring (bicyclic) bond motifs is 1. The molecule has 1 aliphatic rings. The minimum atomic E-state index is -0.176. The molecule has 1 heterocycles. The Labute approximate surface area is 136 Å². The molecule has 0 aromatic heterocycles. The summed E-state index contributed by atoms with van der Waals surface area (Å²) in [6.07, 6.45) is 1.79. The van der Waals surface area contributed by atoms with Crippen LogP contribution in [0.15, 0.2) is 42.5 Å². The van der Waals surface area contributed by atoms with Crippen LogP contribution >= 0.6 is 0 Å². The molecule has 2 amide bonds. The second-order valence-electron chi connectivity index (χ2n) is 6.44. The average Bonchev–Trinajstić information content (AvgIpc) is 2.78. The van der Waals surface area contributed by atoms with Gasteiger partial charge >= 0.3 is 0 Å². The molecule has 2 aromatic carbocycles. The highest BCUT2D eigenvalue weighted by molar-refractivity contribution is 6.21. The smallest absolute Gasteiger partial charge is 0.261 e. The minimum absolute atomic E-state index is 0.113. The van der Waals surface area contributed by atoms with Crippen LogP contribution in [0.25, 0.3) is 0 Å². The van der Waals surface area contributed by atoms with Crippen molar-refractivity contribution in [2.24, 2.45) is 0 Å². The number of hydrogen-bond acceptors (Lipinski definition) is 2. The Morgan fingerprint density at radius 2 is 1.39 bits per heavy atom. The number of carbonyl (C=O) groups is 2. The van der Waals surface area contributed by atoms with Crippen LogP contribution in [0.2, 0.25) is 0 Å². The van der Waals surface area contributed by atoms with E-state index in [1.165, 1.54) is 16.0 Å². The van der Waals surface area contributed by atoms with Crippen LogP contribution in [0, 0.1) is 6.92 Å². The first-order valence-electron chi connectivity index (χ1n) is 8.03. The molecule has 0 atom stereocenters. The Morgan fingerprint density at radius 1 is 0.826 bits per heavy atom. The van der Waals surface area contributed by atoms with Crippen LogP contribution in [0.4, 0.5) is 0 Å². The standard InChI is InChI=1S/C20H21NO2/c1-13(2)21-19(22)17-11-10-16(12-18(17)20(21)23)9-8-15-6-4-14(3)5-7-15/h4-7,10-13H,8-9H2,1-3H3. The van der Waals surface area contributed by atoms with Crippen molar-refractivity contribution in [2.75, 3.05) is 0 Å². The molecule has 0 bridgehead atoms. The molecule has 0 spiro atoms. The van der Waals surface area contributed by atoms with Crippen molar-refractivity contribution in [3.8, 4) is 0 Å². The van der Waals surface area contributed by atoms with E-state index in [-0.39, 0.29) is 17.9 Å². The fourth-order valence-electron chi connectivity index (χ4n) is 2.97. The summed E-state index contributed by atoms with van der Waals surface area (Å²) in [5, 5.41) is 0. The fraction of sp³-hybridized carbons (Fsp3) is 0.300. The highest BCUT2D eigenvalue weighted by Crippen LogP contribution is 2.26. The molecule has 3 nitrogen and oxygen atoms in total. The van der Waals surface area contributed by atoms with Crippen molar-refractivity contribution >= 4 is 11.8 Å². The maximum Gasteiger partial charge on any atom is 0.261 e. The predicted molar refractivity (Wildman–Crippen MR) is 90.7 cm³/mol. The lowest BCUT2D eigenvalue weighted by molar-refractivity contribution is 0.0609. The van der Waals surface area contributed by atoms with Crippen LogP contribution in [-0.2, 0) is 12.8 Å². The topological polar surface area (TPSA) is 37.4 Å². The summed E-state index contributed by atoms with van der Waals surface area (Å²) in [5.41, 5.74) is 4.70. The van der Waals surface area contributed by atoms with Gasteiger partial charge in [0.1, 0.15) is 0 Å². The lowest BCUT2D eigenvalue weighted by atomic mass is 10.00. The number of nitrogens with zero attached hydrogens (tertiary/aromatic N) is 1. The molecule has 23 heavy (non-hydrogen) atoms. The molecule has 3 rings (SSSR count). The van der Waals surface area contributed by atoms with Gasteiger partial charge in [-0.1, -0.05) is 35.9 Å². The van der Waals surface area contributed by atoms with Crippen molar-refractivity contribution in [2.45, 2.75) is 39.7 Å². The van der Waals surface area contributed by atoms with Gasteiger partial charge in [-0.3, -0.25) is 14.5 Å². The molecule has 1 aliphatic heterocycles. The summed E-state index contributed by atoms with van der Waals surface area (Å²) in [4.78, 5) is 26.0. The molecule has 0 fully saturated rings. The third kappa shape index (κ3) is 2.91. The van der Waals surface area contributed by atoms with Crippen LogP contribution in [0.3, 0.4) is 0 Å². The third-order valence-electron chi connectivity index (χ3n) is 4.32. The Kier molecular flexibility index (Phi) is 4.03. The van der Waals surface area contributed by atoms with Gasteiger partial charge in [0, 0.05) is 6.04 Å². The number of carbonyl (C=O) groups excluding carboxylic acids is 2. The number of imide groups is 1.